The second-order valence-corrected chi connectivity index (χ2v) is 5.28. The normalized spacial score (nSPS) is 10.9. The van der Waals surface area contributed by atoms with Gasteiger partial charge in [-0.05, 0) is 12.8 Å². The molecule has 0 aromatic heterocycles. The van der Waals surface area contributed by atoms with E-state index in [2.05, 4.69) is 0 Å². The summed E-state index contributed by atoms with van der Waals surface area (Å²) in [5.74, 6) is -0.0766. The molecule has 0 heterocycles. The topological polar surface area (TPSA) is 52.6 Å². The number of hydrogen-bond acceptors (Lipinski definition) is 4. The Labute approximate surface area is 139 Å². The molecule has 0 amide bonds. The Morgan fingerprint density at radius 3 is 1.25 bits per heavy atom. The molecular weight excluding hydrogens is 350 g/mol. The Bertz CT molecular complexity index is 253. The van der Waals surface area contributed by atoms with Gasteiger partial charge in [-0.2, -0.15) is 0 Å². The van der Waals surface area contributed by atoms with Crippen LogP contribution in [0.3, 0.4) is 0 Å². The monoisotopic (exact) mass is 366 g/mol. The summed E-state index contributed by atoms with van der Waals surface area (Å²) in [6, 6.07) is 0. The second-order valence-electron chi connectivity index (χ2n) is 4.05. The predicted octanol–water partition coefficient (Wildman–Crippen LogP) is 3.33. The van der Waals surface area contributed by atoms with E-state index in [1.54, 1.807) is 0 Å². The molecule has 0 aliphatic rings. The standard InChI is InChI=1S/C12H18Cl4O4/c13-5-9(6-14)19-11(17)3-1-2-4-12(18)20-10(7-15)8-16/h9-10H,1-8H2. The molecule has 0 rings (SSSR count). The van der Waals surface area contributed by atoms with Gasteiger partial charge in [0.15, 0.2) is 0 Å². The SMILES string of the molecule is O=C(CCCCC(=O)OC(CCl)CCl)OC(CCl)CCl. The van der Waals surface area contributed by atoms with Gasteiger partial charge in [0.25, 0.3) is 0 Å². The lowest BCUT2D eigenvalue weighted by Gasteiger charge is -2.13. The molecule has 0 N–H and O–H groups in total. The molecule has 0 bridgehead atoms. The zero-order chi connectivity index (χ0) is 15.4. The zero-order valence-corrected chi connectivity index (χ0v) is 14.0. The molecule has 0 atom stereocenters. The number of ether oxygens (including phenoxy) is 2. The number of hydrogen-bond donors (Lipinski definition) is 0. The quantitative estimate of drug-likeness (QED) is 0.319. The molecule has 0 aromatic rings. The van der Waals surface area contributed by atoms with Crippen LogP contribution in [-0.4, -0.2) is 47.7 Å². The molecule has 0 radical (unpaired) electrons. The Kier molecular flexibility index (Phi) is 12.9. The molecule has 0 aliphatic carbocycles. The van der Waals surface area contributed by atoms with Gasteiger partial charge in [0.1, 0.15) is 12.2 Å². The molecule has 0 fully saturated rings. The summed E-state index contributed by atoms with van der Waals surface area (Å²) in [6.45, 7) is 0. The van der Waals surface area contributed by atoms with Gasteiger partial charge in [-0.15, -0.1) is 46.4 Å². The van der Waals surface area contributed by atoms with Gasteiger partial charge >= 0.3 is 11.9 Å². The lowest BCUT2D eigenvalue weighted by Crippen LogP contribution is -2.22. The van der Waals surface area contributed by atoms with Crippen molar-refractivity contribution in [3.05, 3.63) is 0 Å². The molecule has 0 saturated carbocycles. The number of halogens is 4. The maximum Gasteiger partial charge on any atom is 0.306 e. The van der Waals surface area contributed by atoms with Crippen LogP contribution in [0.15, 0.2) is 0 Å². The van der Waals surface area contributed by atoms with Crippen molar-refractivity contribution in [3.63, 3.8) is 0 Å². The Balaban J connectivity index is 3.70. The van der Waals surface area contributed by atoms with Gasteiger partial charge in [-0.3, -0.25) is 9.59 Å². The van der Waals surface area contributed by atoms with E-state index in [4.69, 9.17) is 55.9 Å². The first-order valence-corrected chi connectivity index (χ1v) is 8.34. The number of esters is 2. The van der Waals surface area contributed by atoms with Crippen LogP contribution >= 0.6 is 46.4 Å². The zero-order valence-electron chi connectivity index (χ0n) is 11.0. The van der Waals surface area contributed by atoms with E-state index < -0.39 is 12.2 Å². The summed E-state index contributed by atoms with van der Waals surface area (Å²) < 4.78 is 10.0. The fraction of sp³-hybridized carbons (Fsp3) is 0.833. The van der Waals surface area contributed by atoms with Crippen LogP contribution in [0.1, 0.15) is 25.7 Å². The largest absolute Gasteiger partial charge is 0.460 e. The van der Waals surface area contributed by atoms with Crippen molar-refractivity contribution in [1.82, 2.24) is 0 Å². The first kappa shape index (κ1) is 20.1. The minimum atomic E-state index is -0.469. The molecule has 0 unspecified atom stereocenters. The van der Waals surface area contributed by atoms with Crippen molar-refractivity contribution in [3.8, 4) is 0 Å². The summed E-state index contributed by atoms with van der Waals surface area (Å²) in [4.78, 5) is 22.8. The van der Waals surface area contributed by atoms with Crippen LogP contribution in [0.5, 0.6) is 0 Å². The van der Waals surface area contributed by atoms with Crippen molar-refractivity contribution >= 4 is 58.3 Å². The first-order valence-electron chi connectivity index (χ1n) is 6.20. The van der Waals surface area contributed by atoms with E-state index in [9.17, 15) is 9.59 Å². The Morgan fingerprint density at radius 2 is 1.00 bits per heavy atom. The van der Waals surface area contributed by atoms with Gasteiger partial charge in [-0.25, -0.2) is 0 Å². The molecule has 8 heteroatoms. The molecule has 0 spiro atoms. The number of carbonyl (C=O) groups is 2. The summed E-state index contributed by atoms with van der Waals surface area (Å²) >= 11 is 22.2. The Hall–Kier alpha value is 0.1000. The molecular formula is C12H18Cl4O4. The summed E-state index contributed by atoms with van der Waals surface area (Å²) in [5.41, 5.74) is 0. The third-order valence-corrected chi connectivity index (χ3v) is 3.67. The lowest BCUT2D eigenvalue weighted by molar-refractivity contribution is -0.149. The minimum absolute atomic E-state index is 0.166. The summed E-state index contributed by atoms with van der Waals surface area (Å²) in [5, 5.41) is 0. The highest BCUT2D eigenvalue weighted by Gasteiger charge is 2.14. The van der Waals surface area contributed by atoms with Crippen LogP contribution in [0.2, 0.25) is 0 Å². The van der Waals surface area contributed by atoms with Gasteiger partial charge in [0.2, 0.25) is 0 Å². The van der Waals surface area contributed by atoms with E-state index in [1.807, 2.05) is 0 Å². The van der Waals surface area contributed by atoms with Crippen LogP contribution in [-0.2, 0) is 19.1 Å². The maximum atomic E-state index is 11.4. The van der Waals surface area contributed by atoms with Gasteiger partial charge in [0, 0.05) is 12.8 Å². The van der Waals surface area contributed by atoms with E-state index in [0.717, 1.165) is 0 Å². The summed E-state index contributed by atoms with van der Waals surface area (Å²) in [6.07, 6.45) is 0.542. The fourth-order valence-electron chi connectivity index (χ4n) is 1.24. The maximum absolute atomic E-state index is 11.4. The van der Waals surface area contributed by atoms with Crippen LogP contribution < -0.4 is 0 Å². The minimum Gasteiger partial charge on any atom is -0.460 e. The second kappa shape index (κ2) is 12.8. The van der Waals surface area contributed by atoms with Crippen LogP contribution in [0.4, 0.5) is 0 Å². The van der Waals surface area contributed by atoms with E-state index in [0.29, 0.717) is 12.8 Å². The lowest BCUT2D eigenvalue weighted by atomic mass is 10.2. The van der Waals surface area contributed by atoms with Gasteiger partial charge < -0.3 is 9.47 Å². The van der Waals surface area contributed by atoms with Crippen molar-refractivity contribution < 1.29 is 19.1 Å². The third kappa shape index (κ3) is 9.92. The van der Waals surface area contributed by atoms with Crippen LogP contribution in [0.25, 0.3) is 0 Å². The van der Waals surface area contributed by atoms with Crippen molar-refractivity contribution in [1.29, 1.82) is 0 Å². The highest BCUT2D eigenvalue weighted by atomic mass is 35.5. The highest BCUT2D eigenvalue weighted by molar-refractivity contribution is 6.21. The molecule has 0 aromatic carbocycles. The molecule has 20 heavy (non-hydrogen) atoms. The number of alkyl halides is 4. The van der Waals surface area contributed by atoms with Crippen molar-refractivity contribution in [2.75, 3.05) is 23.5 Å². The van der Waals surface area contributed by atoms with Crippen molar-refractivity contribution in [2.45, 2.75) is 37.9 Å². The molecule has 4 nitrogen and oxygen atoms in total. The average Bonchev–Trinajstić information content (AvgIpc) is 2.46. The van der Waals surface area contributed by atoms with E-state index >= 15 is 0 Å². The van der Waals surface area contributed by atoms with Gasteiger partial charge in [-0.1, -0.05) is 0 Å². The number of carbonyl (C=O) groups excluding carboxylic acids is 2. The number of unbranched alkanes of at least 4 members (excludes halogenated alkanes) is 1. The third-order valence-electron chi connectivity index (χ3n) is 2.30. The van der Waals surface area contributed by atoms with Crippen LogP contribution in [0, 0.1) is 0 Å². The van der Waals surface area contributed by atoms with Crippen molar-refractivity contribution in [2.24, 2.45) is 0 Å². The van der Waals surface area contributed by atoms with E-state index in [1.165, 1.54) is 0 Å². The predicted molar refractivity (Wildman–Crippen MR) is 81.1 cm³/mol. The fourth-order valence-corrected chi connectivity index (χ4v) is 2.15. The Morgan fingerprint density at radius 1 is 0.700 bits per heavy atom. The molecule has 0 saturated heterocycles. The number of rotatable bonds is 11. The van der Waals surface area contributed by atoms with Gasteiger partial charge in [0.05, 0.1) is 23.5 Å². The highest BCUT2D eigenvalue weighted by Crippen LogP contribution is 2.08. The smallest absolute Gasteiger partial charge is 0.306 e. The summed E-state index contributed by atoms with van der Waals surface area (Å²) in [7, 11) is 0. The van der Waals surface area contributed by atoms with E-state index in [-0.39, 0.29) is 48.3 Å². The molecule has 0 aliphatic heterocycles. The molecule has 118 valence electrons. The average molecular weight is 368 g/mol. The first-order chi connectivity index (χ1) is 9.57.